The molecule has 158 valence electrons. The minimum atomic E-state index is -0.813. The van der Waals surface area contributed by atoms with Gasteiger partial charge in [-0.3, -0.25) is 9.78 Å². The Morgan fingerprint density at radius 2 is 2.03 bits per heavy atom. The molecule has 0 aliphatic carbocycles. The summed E-state index contributed by atoms with van der Waals surface area (Å²) in [5.74, 6) is -1.45. The van der Waals surface area contributed by atoms with Crippen molar-refractivity contribution in [2.24, 2.45) is 0 Å². The molecule has 0 radical (unpaired) electrons. The molecule has 1 amide bonds. The zero-order chi connectivity index (χ0) is 21.7. The number of carbonyl (C=O) groups is 1. The molecule has 5 rings (SSSR count). The van der Waals surface area contributed by atoms with Crippen LogP contribution in [0.4, 0.5) is 14.7 Å². The molecule has 10 heteroatoms. The Kier molecular flexibility index (Phi) is 4.49. The maximum atomic E-state index is 14.2. The quantitative estimate of drug-likeness (QED) is 0.532. The van der Waals surface area contributed by atoms with Crippen LogP contribution in [0, 0.1) is 11.6 Å². The molecule has 1 aromatic carbocycles. The SMILES string of the molecule is C[C@H]1CC[C@@H](c2nc3c4cc(F)cc(F)c4nc(N)n3n2)CN1C(=O)c1ccccn1. The molecule has 31 heavy (non-hydrogen) atoms. The fraction of sp³-hybridized carbons (Fsp3) is 0.286. The van der Waals surface area contributed by atoms with Crippen molar-refractivity contribution in [3.05, 3.63) is 59.7 Å². The van der Waals surface area contributed by atoms with Gasteiger partial charge in [0, 0.05) is 30.8 Å². The number of nitrogens with zero attached hydrogens (tertiary/aromatic N) is 6. The van der Waals surface area contributed by atoms with E-state index in [1.54, 1.807) is 29.3 Å². The number of pyridine rings is 1. The molecule has 1 saturated heterocycles. The van der Waals surface area contributed by atoms with Crippen LogP contribution in [0.2, 0.25) is 0 Å². The second-order valence-corrected chi connectivity index (χ2v) is 7.75. The molecule has 0 saturated carbocycles. The summed E-state index contributed by atoms with van der Waals surface area (Å²) < 4.78 is 29.3. The third-order valence-electron chi connectivity index (χ3n) is 5.73. The number of piperidine rings is 1. The first kappa shape index (κ1) is 19.3. The number of rotatable bonds is 2. The largest absolute Gasteiger partial charge is 0.368 e. The number of likely N-dealkylation sites (tertiary alicyclic amines) is 1. The van der Waals surface area contributed by atoms with Gasteiger partial charge in [-0.1, -0.05) is 6.07 Å². The lowest BCUT2D eigenvalue weighted by Gasteiger charge is -2.36. The van der Waals surface area contributed by atoms with Crippen molar-refractivity contribution in [1.29, 1.82) is 0 Å². The van der Waals surface area contributed by atoms with Crippen LogP contribution in [0.25, 0.3) is 16.6 Å². The smallest absolute Gasteiger partial charge is 0.272 e. The molecule has 8 nitrogen and oxygen atoms in total. The molecule has 1 aliphatic rings. The molecule has 4 heterocycles. The minimum absolute atomic E-state index is 0.0403. The first-order valence-corrected chi connectivity index (χ1v) is 9.95. The molecule has 3 aromatic heterocycles. The number of benzene rings is 1. The minimum Gasteiger partial charge on any atom is -0.368 e. The van der Waals surface area contributed by atoms with Gasteiger partial charge in [0.1, 0.15) is 17.0 Å². The van der Waals surface area contributed by atoms with E-state index in [0.29, 0.717) is 18.1 Å². The Morgan fingerprint density at radius 3 is 2.81 bits per heavy atom. The highest BCUT2D eigenvalue weighted by Crippen LogP contribution is 2.31. The van der Waals surface area contributed by atoms with Crippen molar-refractivity contribution in [3.63, 3.8) is 0 Å². The Hall–Kier alpha value is -3.69. The average Bonchev–Trinajstić information content (AvgIpc) is 3.22. The predicted molar refractivity (Wildman–Crippen MR) is 109 cm³/mol. The van der Waals surface area contributed by atoms with Crippen molar-refractivity contribution >= 4 is 28.4 Å². The number of halogens is 2. The van der Waals surface area contributed by atoms with E-state index in [9.17, 15) is 13.6 Å². The van der Waals surface area contributed by atoms with Crippen LogP contribution in [0.15, 0.2) is 36.5 Å². The number of nitrogen functional groups attached to an aromatic ring is 1. The van der Waals surface area contributed by atoms with Crippen molar-refractivity contribution in [2.75, 3.05) is 12.3 Å². The van der Waals surface area contributed by atoms with Gasteiger partial charge in [-0.25, -0.2) is 18.7 Å². The molecular formula is C21H19F2N7O. The third kappa shape index (κ3) is 3.24. The van der Waals surface area contributed by atoms with Gasteiger partial charge in [-0.15, -0.1) is 5.10 Å². The van der Waals surface area contributed by atoms with Gasteiger partial charge in [0.15, 0.2) is 17.3 Å². The van der Waals surface area contributed by atoms with E-state index in [-0.39, 0.29) is 40.4 Å². The van der Waals surface area contributed by atoms with Crippen LogP contribution in [0.5, 0.6) is 0 Å². The first-order valence-electron chi connectivity index (χ1n) is 9.95. The molecular weight excluding hydrogens is 404 g/mol. The Labute approximate surface area is 175 Å². The zero-order valence-electron chi connectivity index (χ0n) is 16.7. The summed E-state index contributed by atoms with van der Waals surface area (Å²) in [5.41, 5.74) is 6.51. The lowest BCUT2D eigenvalue weighted by Crippen LogP contribution is -2.45. The summed E-state index contributed by atoms with van der Waals surface area (Å²) in [6.07, 6.45) is 3.11. The molecule has 4 aromatic rings. The Morgan fingerprint density at radius 1 is 1.19 bits per heavy atom. The van der Waals surface area contributed by atoms with E-state index < -0.39 is 11.6 Å². The summed E-state index contributed by atoms with van der Waals surface area (Å²) in [6, 6.07) is 7.18. The normalized spacial score (nSPS) is 19.3. The lowest BCUT2D eigenvalue weighted by atomic mass is 9.92. The number of anilines is 1. The van der Waals surface area contributed by atoms with Crippen LogP contribution in [-0.4, -0.2) is 48.0 Å². The monoisotopic (exact) mass is 423 g/mol. The third-order valence-corrected chi connectivity index (χ3v) is 5.73. The maximum absolute atomic E-state index is 14.2. The van der Waals surface area contributed by atoms with E-state index in [2.05, 4.69) is 20.1 Å². The highest BCUT2D eigenvalue weighted by atomic mass is 19.1. The molecule has 2 atom stereocenters. The number of nitrogens with two attached hydrogens (primary N) is 1. The fourth-order valence-electron chi connectivity index (χ4n) is 4.08. The highest BCUT2D eigenvalue weighted by molar-refractivity contribution is 5.93. The summed E-state index contributed by atoms with van der Waals surface area (Å²) in [7, 11) is 0. The van der Waals surface area contributed by atoms with Crippen LogP contribution in [0.1, 0.15) is 42.0 Å². The average molecular weight is 423 g/mol. The van der Waals surface area contributed by atoms with Gasteiger partial charge in [0.05, 0.1) is 5.39 Å². The van der Waals surface area contributed by atoms with Crippen molar-refractivity contribution in [3.8, 4) is 0 Å². The van der Waals surface area contributed by atoms with Crippen molar-refractivity contribution < 1.29 is 13.6 Å². The summed E-state index contributed by atoms with van der Waals surface area (Å²) in [5, 5.41) is 4.65. The van der Waals surface area contributed by atoms with E-state index in [1.165, 1.54) is 10.6 Å². The number of hydrogen-bond acceptors (Lipinski definition) is 6. The summed E-state index contributed by atoms with van der Waals surface area (Å²) in [4.78, 5) is 27.5. The van der Waals surface area contributed by atoms with E-state index in [0.717, 1.165) is 18.9 Å². The standard InChI is InChI=1S/C21H19F2N7O/c1-11-5-6-12(10-29(11)20(31)16-4-2-3-7-25-16)18-27-19-14-8-13(22)9-15(23)17(14)26-21(24)30(19)28-18/h2-4,7-9,11-12H,5-6,10H2,1H3,(H2,24,26)/t11-,12+/m0/s1. The van der Waals surface area contributed by atoms with Gasteiger partial charge in [0.2, 0.25) is 5.95 Å². The summed E-state index contributed by atoms with van der Waals surface area (Å²) in [6.45, 7) is 2.40. The molecule has 2 N–H and O–H groups in total. The number of hydrogen-bond donors (Lipinski definition) is 1. The topological polar surface area (TPSA) is 102 Å². The van der Waals surface area contributed by atoms with E-state index in [4.69, 9.17) is 5.73 Å². The summed E-state index contributed by atoms with van der Waals surface area (Å²) >= 11 is 0. The van der Waals surface area contributed by atoms with Gasteiger partial charge in [-0.05, 0) is 38.0 Å². The maximum Gasteiger partial charge on any atom is 0.272 e. The van der Waals surface area contributed by atoms with Crippen LogP contribution >= 0.6 is 0 Å². The fourth-order valence-corrected chi connectivity index (χ4v) is 4.08. The van der Waals surface area contributed by atoms with E-state index in [1.807, 2.05) is 6.92 Å². The van der Waals surface area contributed by atoms with Gasteiger partial charge >= 0.3 is 0 Å². The molecule has 1 fully saturated rings. The van der Waals surface area contributed by atoms with Crippen LogP contribution in [0.3, 0.4) is 0 Å². The molecule has 0 spiro atoms. The van der Waals surface area contributed by atoms with Gasteiger partial charge in [0.25, 0.3) is 5.91 Å². The lowest BCUT2D eigenvalue weighted by molar-refractivity contribution is 0.0600. The van der Waals surface area contributed by atoms with Gasteiger partial charge < -0.3 is 10.6 Å². The molecule has 0 bridgehead atoms. The van der Waals surface area contributed by atoms with Crippen LogP contribution in [-0.2, 0) is 0 Å². The molecule has 1 aliphatic heterocycles. The highest BCUT2D eigenvalue weighted by Gasteiger charge is 2.33. The predicted octanol–water partition coefficient (Wildman–Crippen LogP) is 2.94. The van der Waals surface area contributed by atoms with Crippen LogP contribution < -0.4 is 5.73 Å². The Bertz CT molecular complexity index is 1310. The number of carbonyl (C=O) groups excluding carboxylic acids is 1. The number of aromatic nitrogens is 5. The number of amides is 1. The first-order chi connectivity index (χ1) is 14.9. The Balaban J connectivity index is 1.54. The second-order valence-electron chi connectivity index (χ2n) is 7.75. The molecule has 0 unspecified atom stereocenters. The number of fused-ring (bicyclic) bond motifs is 3. The van der Waals surface area contributed by atoms with Gasteiger partial charge in [-0.2, -0.15) is 4.52 Å². The van der Waals surface area contributed by atoms with E-state index >= 15 is 0 Å². The zero-order valence-corrected chi connectivity index (χ0v) is 16.7. The van der Waals surface area contributed by atoms with Crippen molar-refractivity contribution in [2.45, 2.75) is 31.7 Å². The second kappa shape index (κ2) is 7.22. The van der Waals surface area contributed by atoms with Crippen molar-refractivity contribution in [1.82, 2.24) is 29.5 Å².